The van der Waals surface area contributed by atoms with E-state index in [4.69, 9.17) is 21.4 Å². The summed E-state index contributed by atoms with van der Waals surface area (Å²) in [5, 5.41) is 9.38. The summed E-state index contributed by atoms with van der Waals surface area (Å²) in [4.78, 5) is 0. The molecular weight excluding hydrogens is 272 g/mol. The zero-order valence-corrected chi connectivity index (χ0v) is 11.9. The molecule has 2 nitrogen and oxygen atoms in total. The fraction of sp³-hybridized carbons (Fsp3) is 0.176. The summed E-state index contributed by atoms with van der Waals surface area (Å²) in [5.74, 6) is 6.30. The molecule has 0 aliphatic heterocycles. The van der Waals surface area contributed by atoms with E-state index in [0.717, 1.165) is 22.4 Å². The topological polar surface area (TPSA) is 29.5 Å². The predicted octanol–water partition coefficient (Wildman–Crippen LogP) is 3.57. The second-order valence-corrected chi connectivity index (χ2v) is 4.73. The molecule has 0 fully saturated rings. The number of aliphatic hydroxyl groups is 1. The van der Waals surface area contributed by atoms with Crippen molar-refractivity contribution in [1.29, 1.82) is 0 Å². The van der Waals surface area contributed by atoms with Crippen molar-refractivity contribution in [2.75, 3.05) is 6.61 Å². The first kappa shape index (κ1) is 14.5. The lowest BCUT2D eigenvalue weighted by molar-refractivity contribution is 0.304. The smallest absolute Gasteiger partial charge is 0.122 e. The number of aliphatic hydroxyl groups excluding tert-OH is 1. The minimum absolute atomic E-state index is 0.135. The predicted molar refractivity (Wildman–Crippen MR) is 80.9 cm³/mol. The van der Waals surface area contributed by atoms with Crippen LogP contribution < -0.4 is 4.74 Å². The third-order valence-electron chi connectivity index (χ3n) is 2.83. The van der Waals surface area contributed by atoms with Gasteiger partial charge in [0.15, 0.2) is 0 Å². The number of rotatable bonds is 3. The van der Waals surface area contributed by atoms with Crippen LogP contribution in [0, 0.1) is 18.8 Å². The van der Waals surface area contributed by atoms with Crippen LogP contribution in [0.25, 0.3) is 0 Å². The fourth-order valence-electron chi connectivity index (χ4n) is 1.80. The molecule has 0 aliphatic rings. The highest BCUT2D eigenvalue weighted by Gasteiger charge is 2.03. The van der Waals surface area contributed by atoms with Crippen molar-refractivity contribution in [2.24, 2.45) is 0 Å². The van der Waals surface area contributed by atoms with Gasteiger partial charge in [0.1, 0.15) is 19.0 Å². The van der Waals surface area contributed by atoms with Crippen LogP contribution in [-0.4, -0.2) is 11.7 Å². The molecule has 0 heterocycles. The SMILES string of the molecule is Cc1cc(C#CCO)ccc1OCc1ccccc1Cl. The summed E-state index contributed by atoms with van der Waals surface area (Å²) >= 11 is 6.09. The molecule has 102 valence electrons. The molecule has 20 heavy (non-hydrogen) atoms. The van der Waals surface area contributed by atoms with E-state index >= 15 is 0 Å². The lowest BCUT2D eigenvalue weighted by Crippen LogP contribution is -1.98. The Morgan fingerprint density at radius 1 is 1.20 bits per heavy atom. The summed E-state index contributed by atoms with van der Waals surface area (Å²) in [7, 11) is 0. The molecule has 0 amide bonds. The summed E-state index contributed by atoms with van der Waals surface area (Å²) in [5.41, 5.74) is 2.82. The Labute approximate surface area is 124 Å². The molecule has 0 bridgehead atoms. The summed E-state index contributed by atoms with van der Waals surface area (Å²) in [6, 6.07) is 13.3. The van der Waals surface area contributed by atoms with Crippen molar-refractivity contribution in [3.8, 4) is 17.6 Å². The second kappa shape index (κ2) is 7.00. The van der Waals surface area contributed by atoms with E-state index in [9.17, 15) is 0 Å². The van der Waals surface area contributed by atoms with Gasteiger partial charge in [0.2, 0.25) is 0 Å². The van der Waals surface area contributed by atoms with E-state index in [0.29, 0.717) is 11.6 Å². The number of halogens is 1. The van der Waals surface area contributed by atoms with Gasteiger partial charge in [-0.3, -0.25) is 0 Å². The van der Waals surface area contributed by atoms with Crippen LogP contribution in [-0.2, 0) is 6.61 Å². The van der Waals surface area contributed by atoms with Crippen LogP contribution in [0.4, 0.5) is 0 Å². The maximum atomic E-state index is 8.68. The molecule has 1 N–H and O–H groups in total. The van der Waals surface area contributed by atoms with Gasteiger partial charge in [0.05, 0.1) is 0 Å². The van der Waals surface area contributed by atoms with E-state index < -0.39 is 0 Å². The average molecular weight is 287 g/mol. The van der Waals surface area contributed by atoms with Crippen molar-refractivity contribution in [2.45, 2.75) is 13.5 Å². The molecule has 0 spiro atoms. The van der Waals surface area contributed by atoms with Gasteiger partial charge < -0.3 is 9.84 Å². The van der Waals surface area contributed by atoms with E-state index in [2.05, 4.69) is 11.8 Å². The minimum Gasteiger partial charge on any atom is -0.489 e. The van der Waals surface area contributed by atoms with Gasteiger partial charge in [-0.1, -0.05) is 41.6 Å². The van der Waals surface area contributed by atoms with Gasteiger partial charge in [-0.25, -0.2) is 0 Å². The first-order valence-corrected chi connectivity index (χ1v) is 6.65. The van der Waals surface area contributed by atoms with E-state index in [1.54, 1.807) is 0 Å². The summed E-state index contributed by atoms with van der Waals surface area (Å²) < 4.78 is 5.78. The van der Waals surface area contributed by atoms with Crippen molar-refractivity contribution in [3.63, 3.8) is 0 Å². The average Bonchev–Trinajstić information content (AvgIpc) is 2.45. The van der Waals surface area contributed by atoms with E-state index in [1.165, 1.54) is 0 Å². The van der Waals surface area contributed by atoms with Crippen LogP contribution in [0.5, 0.6) is 5.75 Å². The molecular formula is C17H15ClO2. The second-order valence-electron chi connectivity index (χ2n) is 4.32. The zero-order valence-electron chi connectivity index (χ0n) is 11.2. The molecule has 2 rings (SSSR count). The van der Waals surface area contributed by atoms with Crippen LogP contribution in [0.3, 0.4) is 0 Å². The molecule has 0 aromatic heterocycles. The first-order valence-electron chi connectivity index (χ1n) is 6.27. The summed E-state index contributed by atoms with van der Waals surface area (Å²) in [6.45, 7) is 2.26. The highest BCUT2D eigenvalue weighted by Crippen LogP contribution is 2.22. The van der Waals surface area contributed by atoms with Gasteiger partial charge in [-0.05, 0) is 36.8 Å². The van der Waals surface area contributed by atoms with Crippen LogP contribution in [0.15, 0.2) is 42.5 Å². The highest BCUT2D eigenvalue weighted by molar-refractivity contribution is 6.31. The Bertz CT molecular complexity index is 654. The lowest BCUT2D eigenvalue weighted by Gasteiger charge is -2.10. The van der Waals surface area contributed by atoms with Crippen molar-refractivity contribution >= 4 is 11.6 Å². The van der Waals surface area contributed by atoms with Gasteiger partial charge in [-0.2, -0.15) is 0 Å². The van der Waals surface area contributed by atoms with Crippen molar-refractivity contribution in [1.82, 2.24) is 0 Å². The van der Waals surface area contributed by atoms with Crippen molar-refractivity contribution < 1.29 is 9.84 Å². The Hall–Kier alpha value is -1.95. The van der Waals surface area contributed by atoms with Gasteiger partial charge in [0.25, 0.3) is 0 Å². The summed E-state index contributed by atoms with van der Waals surface area (Å²) in [6.07, 6.45) is 0. The van der Waals surface area contributed by atoms with Crippen LogP contribution in [0.2, 0.25) is 5.02 Å². The van der Waals surface area contributed by atoms with Gasteiger partial charge in [-0.15, -0.1) is 0 Å². The molecule has 0 saturated heterocycles. The third-order valence-corrected chi connectivity index (χ3v) is 3.20. The Morgan fingerprint density at radius 3 is 2.70 bits per heavy atom. The van der Waals surface area contributed by atoms with E-state index in [1.807, 2.05) is 49.4 Å². The Morgan fingerprint density at radius 2 is 2.00 bits per heavy atom. The fourth-order valence-corrected chi connectivity index (χ4v) is 1.99. The Balaban J connectivity index is 2.09. The molecule has 2 aromatic rings. The van der Waals surface area contributed by atoms with Crippen molar-refractivity contribution in [3.05, 3.63) is 64.2 Å². The molecule has 0 aliphatic carbocycles. The molecule has 3 heteroatoms. The number of ether oxygens (including phenoxy) is 1. The molecule has 0 saturated carbocycles. The highest BCUT2D eigenvalue weighted by atomic mass is 35.5. The minimum atomic E-state index is -0.135. The quantitative estimate of drug-likeness (QED) is 0.874. The van der Waals surface area contributed by atoms with Crippen LogP contribution in [0.1, 0.15) is 16.7 Å². The van der Waals surface area contributed by atoms with Gasteiger partial charge in [0, 0.05) is 16.1 Å². The monoisotopic (exact) mass is 286 g/mol. The van der Waals surface area contributed by atoms with Gasteiger partial charge >= 0.3 is 0 Å². The standard InChI is InChI=1S/C17H15ClO2/c1-13-11-14(5-4-10-19)8-9-17(13)20-12-15-6-2-3-7-16(15)18/h2-3,6-9,11,19H,10,12H2,1H3. The number of aryl methyl sites for hydroxylation is 1. The molecule has 2 aromatic carbocycles. The maximum absolute atomic E-state index is 8.68. The largest absolute Gasteiger partial charge is 0.489 e. The maximum Gasteiger partial charge on any atom is 0.122 e. The molecule has 0 radical (unpaired) electrons. The molecule has 0 unspecified atom stereocenters. The first-order chi connectivity index (χ1) is 9.70. The number of hydrogen-bond donors (Lipinski definition) is 1. The molecule has 0 atom stereocenters. The Kier molecular flexibility index (Phi) is 5.06. The zero-order chi connectivity index (χ0) is 14.4. The number of benzene rings is 2. The van der Waals surface area contributed by atoms with Crippen LogP contribution >= 0.6 is 11.6 Å². The number of hydrogen-bond acceptors (Lipinski definition) is 2. The normalized spacial score (nSPS) is 9.75. The lowest BCUT2D eigenvalue weighted by atomic mass is 10.1. The van der Waals surface area contributed by atoms with E-state index in [-0.39, 0.29) is 6.61 Å². The third kappa shape index (κ3) is 3.77.